The first-order valence-electron chi connectivity index (χ1n) is 4.44. The van der Waals surface area contributed by atoms with Crippen molar-refractivity contribution in [2.24, 2.45) is 0 Å². The average Bonchev–Trinajstić information content (AvgIpc) is 2.33. The van der Waals surface area contributed by atoms with Gasteiger partial charge in [0, 0.05) is 6.07 Å². The van der Waals surface area contributed by atoms with Gasteiger partial charge in [-0.25, -0.2) is 9.59 Å². The van der Waals surface area contributed by atoms with Crippen LogP contribution in [0.5, 0.6) is 5.75 Å². The number of ether oxygens (including phenoxy) is 1. The normalized spacial score (nSPS) is 15.3. The lowest BCUT2D eigenvalue weighted by atomic mass is 10.3. The third-order valence-corrected chi connectivity index (χ3v) is 2.24. The van der Waals surface area contributed by atoms with Gasteiger partial charge in [0.1, 0.15) is 11.4 Å². The molecule has 0 bridgehead atoms. The molecule has 1 heterocycles. The van der Waals surface area contributed by atoms with Gasteiger partial charge in [-0.3, -0.25) is 0 Å². The Hall–Kier alpha value is -1.99. The van der Waals surface area contributed by atoms with Crippen molar-refractivity contribution in [2.75, 3.05) is 12.3 Å². The fourth-order valence-electron chi connectivity index (χ4n) is 1.14. The summed E-state index contributed by atoms with van der Waals surface area (Å²) in [6.07, 6.45) is 0. The van der Waals surface area contributed by atoms with Crippen LogP contribution in [0.4, 0.5) is 5.69 Å². The lowest BCUT2D eigenvalue weighted by Gasteiger charge is -2.25. The average molecular weight is 259 g/mol. The SMILES string of the molecule is COc1cc(N2NOC(=O)C(=O)O2)ccc1Cl. The van der Waals surface area contributed by atoms with Crippen LogP contribution in [0.3, 0.4) is 0 Å². The first kappa shape index (κ1) is 11.5. The van der Waals surface area contributed by atoms with Gasteiger partial charge in [0.2, 0.25) is 0 Å². The Morgan fingerprint density at radius 2 is 2.12 bits per heavy atom. The highest BCUT2D eigenvalue weighted by atomic mass is 35.5. The number of anilines is 1. The molecule has 0 aromatic heterocycles. The quantitative estimate of drug-likeness (QED) is 0.778. The van der Waals surface area contributed by atoms with Gasteiger partial charge in [0.25, 0.3) is 0 Å². The van der Waals surface area contributed by atoms with Crippen molar-refractivity contribution in [2.45, 2.75) is 0 Å². The number of carbonyl (C=O) groups excluding carboxylic acids is 2. The Bertz CT molecular complexity index is 478. The van der Waals surface area contributed by atoms with Crippen molar-refractivity contribution in [1.82, 2.24) is 5.59 Å². The van der Waals surface area contributed by atoms with E-state index < -0.39 is 11.9 Å². The van der Waals surface area contributed by atoms with Crippen LogP contribution >= 0.6 is 11.6 Å². The summed E-state index contributed by atoms with van der Waals surface area (Å²) in [4.78, 5) is 30.7. The number of nitrogens with one attached hydrogen (secondary N) is 1. The summed E-state index contributed by atoms with van der Waals surface area (Å²) in [6, 6.07) is 4.59. The van der Waals surface area contributed by atoms with Crippen LogP contribution < -0.4 is 15.5 Å². The fraction of sp³-hybridized carbons (Fsp3) is 0.111. The van der Waals surface area contributed by atoms with Crippen LogP contribution in [0.15, 0.2) is 18.2 Å². The predicted octanol–water partition coefficient (Wildman–Crippen LogP) is 0.590. The second-order valence-corrected chi connectivity index (χ2v) is 3.38. The second kappa shape index (κ2) is 4.48. The van der Waals surface area contributed by atoms with E-state index in [4.69, 9.17) is 16.3 Å². The molecular weight excluding hydrogens is 252 g/mol. The molecule has 1 aliphatic heterocycles. The molecule has 8 heteroatoms. The molecule has 0 amide bonds. The molecule has 1 aromatic rings. The Morgan fingerprint density at radius 1 is 1.35 bits per heavy atom. The summed E-state index contributed by atoms with van der Waals surface area (Å²) in [5, 5.41) is 1.28. The smallest absolute Gasteiger partial charge is 0.444 e. The van der Waals surface area contributed by atoms with Crippen LogP contribution in [-0.2, 0) is 19.3 Å². The molecule has 0 radical (unpaired) electrons. The van der Waals surface area contributed by atoms with Gasteiger partial charge in [-0.05, 0) is 17.7 Å². The molecule has 1 N–H and O–H groups in total. The standard InChI is InChI=1S/C9H7ClN2O5/c1-15-7-4-5(2-3-6(7)10)12-11-16-8(13)9(14)17-12/h2-4,11H,1H3. The molecular formula is C9H7ClN2O5. The third-order valence-electron chi connectivity index (χ3n) is 1.93. The summed E-state index contributed by atoms with van der Waals surface area (Å²) < 4.78 is 4.99. The highest BCUT2D eigenvalue weighted by molar-refractivity contribution is 6.32. The second-order valence-electron chi connectivity index (χ2n) is 2.97. The summed E-state index contributed by atoms with van der Waals surface area (Å²) in [6.45, 7) is 0. The Morgan fingerprint density at radius 3 is 2.76 bits per heavy atom. The molecule has 0 unspecified atom stereocenters. The summed E-state index contributed by atoms with van der Waals surface area (Å²) in [5.74, 6) is -1.86. The zero-order valence-electron chi connectivity index (χ0n) is 8.60. The lowest BCUT2D eigenvalue weighted by molar-refractivity contribution is -0.192. The first-order chi connectivity index (χ1) is 8.11. The van der Waals surface area contributed by atoms with E-state index in [0.717, 1.165) is 5.17 Å². The van der Waals surface area contributed by atoms with E-state index in [-0.39, 0.29) is 0 Å². The van der Waals surface area contributed by atoms with Crippen molar-refractivity contribution in [3.8, 4) is 5.75 Å². The molecule has 90 valence electrons. The minimum absolute atomic E-state index is 0.382. The summed E-state index contributed by atoms with van der Waals surface area (Å²) in [5.41, 5.74) is 2.51. The number of benzene rings is 1. The minimum Gasteiger partial charge on any atom is -0.495 e. The number of methoxy groups -OCH3 is 1. The molecule has 0 aliphatic carbocycles. The zero-order chi connectivity index (χ0) is 12.4. The highest BCUT2D eigenvalue weighted by Gasteiger charge is 2.29. The van der Waals surface area contributed by atoms with E-state index in [1.54, 1.807) is 12.1 Å². The largest absolute Gasteiger partial charge is 0.495 e. The van der Waals surface area contributed by atoms with Crippen LogP contribution in [0.25, 0.3) is 0 Å². The number of nitrogens with zero attached hydrogens (tertiary/aromatic N) is 1. The Kier molecular flexibility index (Phi) is 3.03. The summed E-state index contributed by atoms with van der Waals surface area (Å²) in [7, 11) is 1.45. The van der Waals surface area contributed by atoms with E-state index in [9.17, 15) is 9.59 Å². The Balaban J connectivity index is 2.23. The molecule has 0 spiro atoms. The highest BCUT2D eigenvalue weighted by Crippen LogP contribution is 2.29. The van der Waals surface area contributed by atoms with Crippen molar-refractivity contribution >= 4 is 29.2 Å². The number of hydrazine groups is 1. The van der Waals surface area contributed by atoms with E-state index in [2.05, 4.69) is 15.3 Å². The lowest BCUT2D eigenvalue weighted by Crippen LogP contribution is -2.49. The van der Waals surface area contributed by atoms with E-state index in [0.29, 0.717) is 16.5 Å². The van der Waals surface area contributed by atoms with E-state index >= 15 is 0 Å². The van der Waals surface area contributed by atoms with Gasteiger partial charge in [-0.15, -0.1) is 5.17 Å². The molecule has 1 aromatic carbocycles. The molecule has 17 heavy (non-hydrogen) atoms. The fourth-order valence-corrected chi connectivity index (χ4v) is 1.34. The number of hydrogen-bond donors (Lipinski definition) is 1. The van der Waals surface area contributed by atoms with E-state index in [1.165, 1.54) is 13.2 Å². The van der Waals surface area contributed by atoms with Crippen LogP contribution in [-0.4, -0.2) is 19.0 Å². The van der Waals surface area contributed by atoms with E-state index in [1.807, 2.05) is 0 Å². The summed E-state index contributed by atoms with van der Waals surface area (Å²) >= 11 is 5.83. The topological polar surface area (TPSA) is 77.1 Å². The predicted molar refractivity (Wildman–Crippen MR) is 55.8 cm³/mol. The van der Waals surface area contributed by atoms with Crippen LogP contribution in [0.1, 0.15) is 0 Å². The maximum atomic E-state index is 11.0. The maximum Gasteiger partial charge on any atom is 0.444 e. The van der Waals surface area contributed by atoms with Crippen LogP contribution in [0.2, 0.25) is 5.02 Å². The van der Waals surface area contributed by atoms with Gasteiger partial charge >= 0.3 is 11.9 Å². The van der Waals surface area contributed by atoms with Crippen molar-refractivity contribution in [3.05, 3.63) is 23.2 Å². The van der Waals surface area contributed by atoms with Gasteiger partial charge in [0.15, 0.2) is 0 Å². The number of carbonyl (C=O) groups is 2. The monoisotopic (exact) mass is 258 g/mol. The molecule has 7 nitrogen and oxygen atoms in total. The maximum absolute atomic E-state index is 11.0. The third kappa shape index (κ3) is 2.24. The molecule has 2 rings (SSSR count). The van der Waals surface area contributed by atoms with Gasteiger partial charge in [-0.2, -0.15) is 0 Å². The Labute approximate surface area is 101 Å². The van der Waals surface area contributed by atoms with Crippen molar-refractivity contribution < 1.29 is 24.0 Å². The zero-order valence-corrected chi connectivity index (χ0v) is 9.35. The number of hydrogen-bond acceptors (Lipinski definition) is 7. The van der Waals surface area contributed by atoms with Crippen LogP contribution in [0, 0.1) is 0 Å². The van der Waals surface area contributed by atoms with Crippen molar-refractivity contribution in [3.63, 3.8) is 0 Å². The molecule has 1 aliphatic rings. The minimum atomic E-state index is -1.13. The molecule has 1 saturated heterocycles. The number of halogens is 1. The number of rotatable bonds is 2. The van der Waals surface area contributed by atoms with Gasteiger partial charge in [0.05, 0.1) is 12.1 Å². The molecule has 0 atom stereocenters. The van der Waals surface area contributed by atoms with Gasteiger partial charge in [-0.1, -0.05) is 11.6 Å². The van der Waals surface area contributed by atoms with Crippen molar-refractivity contribution in [1.29, 1.82) is 0 Å². The van der Waals surface area contributed by atoms with Gasteiger partial charge < -0.3 is 14.4 Å². The molecule has 0 saturated carbocycles. The molecule has 1 fully saturated rings. The first-order valence-corrected chi connectivity index (χ1v) is 4.82.